The monoisotopic (exact) mass is 362 g/mol. The molecule has 23 heavy (non-hydrogen) atoms. The normalized spacial score (nSPS) is 11.4. The minimum absolute atomic E-state index is 0.0131. The van der Waals surface area contributed by atoms with Crippen molar-refractivity contribution in [2.75, 3.05) is 0 Å². The number of benzene rings is 3. The van der Waals surface area contributed by atoms with Gasteiger partial charge in [-0.15, -0.1) is 0 Å². The summed E-state index contributed by atoms with van der Waals surface area (Å²) >= 11 is 12.0. The molecule has 0 heterocycles. The van der Waals surface area contributed by atoms with E-state index in [-0.39, 0.29) is 19.8 Å². The van der Waals surface area contributed by atoms with Crippen LogP contribution in [0.1, 0.15) is 0 Å². The van der Waals surface area contributed by atoms with Gasteiger partial charge in [0, 0.05) is 0 Å². The first-order valence-corrected chi connectivity index (χ1v) is 9.08. The van der Waals surface area contributed by atoms with E-state index in [1.54, 1.807) is 36.4 Å². The zero-order valence-electron chi connectivity index (χ0n) is 11.9. The second-order valence-electron chi connectivity index (χ2n) is 4.95. The van der Waals surface area contributed by atoms with Crippen LogP contribution in [-0.4, -0.2) is 8.42 Å². The molecule has 0 saturated heterocycles. The number of hydrogen-bond acceptors (Lipinski definition) is 2. The molecule has 0 aliphatic rings. The van der Waals surface area contributed by atoms with Crippen molar-refractivity contribution in [2.24, 2.45) is 0 Å². The third-order valence-corrected chi connectivity index (χ3v) is 6.22. The van der Waals surface area contributed by atoms with E-state index in [9.17, 15) is 8.42 Å². The van der Waals surface area contributed by atoms with E-state index in [0.29, 0.717) is 0 Å². The smallest absolute Gasteiger partial charge is 0.208 e. The Morgan fingerprint density at radius 2 is 1.26 bits per heavy atom. The van der Waals surface area contributed by atoms with E-state index >= 15 is 0 Å². The molecule has 5 heteroatoms. The van der Waals surface area contributed by atoms with E-state index in [2.05, 4.69) is 0 Å². The Morgan fingerprint density at radius 1 is 0.652 bits per heavy atom. The third kappa shape index (κ3) is 3.13. The van der Waals surface area contributed by atoms with Gasteiger partial charge < -0.3 is 0 Å². The minimum Gasteiger partial charge on any atom is -0.218 e. The van der Waals surface area contributed by atoms with Crippen LogP contribution in [0.2, 0.25) is 10.0 Å². The molecule has 0 spiro atoms. The molecule has 0 radical (unpaired) electrons. The molecule has 3 rings (SSSR count). The average molecular weight is 363 g/mol. The third-order valence-electron chi connectivity index (χ3n) is 3.48. The van der Waals surface area contributed by atoms with Crippen LogP contribution in [0.3, 0.4) is 0 Å². The molecule has 0 saturated carbocycles. The molecule has 0 bridgehead atoms. The highest BCUT2D eigenvalue weighted by molar-refractivity contribution is 7.91. The van der Waals surface area contributed by atoms with E-state index in [1.807, 2.05) is 30.3 Å². The maximum absolute atomic E-state index is 12.7. The molecule has 0 aromatic heterocycles. The summed E-state index contributed by atoms with van der Waals surface area (Å²) in [7, 11) is -3.71. The van der Waals surface area contributed by atoms with Crippen molar-refractivity contribution in [3.63, 3.8) is 0 Å². The van der Waals surface area contributed by atoms with E-state index in [1.165, 1.54) is 6.07 Å². The second kappa shape index (κ2) is 6.36. The zero-order chi connectivity index (χ0) is 16.4. The van der Waals surface area contributed by atoms with Crippen molar-refractivity contribution in [1.29, 1.82) is 0 Å². The Kier molecular flexibility index (Phi) is 4.44. The summed E-state index contributed by atoms with van der Waals surface area (Å²) in [4.78, 5) is 0.195. The molecular formula is C18H12Cl2O2S. The number of rotatable bonds is 3. The van der Waals surface area contributed by atoms with Crippen LogP contribution in [-0.2, 0) is 9.84 Å². The van der Waals surface area contributed by atoms with Gasteiger partial charge in [0.05, 0.1) is 19.8 Å². The largest absolute Gasteiger partial charge is 0.218 e. The first-order chi connectivity index (χ1) is 11.0. The zero-order valence-corrected chi connectivity index (χ0v) is 14.2. The van der Waals surface area contributed by atoms with Crippen molar-refractivity contribution in [3.05, 3.63) is 82.8 Å². The van der Waals surface area contributed by atoms with Crippen LogP contribution in [0.15, 0.2) is 82.6 Å². The van der Waals surface area contributed by atoms with Crippen molar-refractivity contribution in [1.82, 2.24) is 0 Å². The lowest BCUT2D eigenvalue weighted by molar-refractivity contribution is 0.596. The van der Waals surface area contributed by atoms with Crippen LogP contribution >= 0.6 is 23.2 Å². The molecule has 0 aliphatic carbocycles. The van der Waals surface area contributed by atoms with Gasteiger partial charge in [-0.2, -0.15) is 0 Å². The predicted octanol–water partition coefficient (Wildman–Crippen LogP) is 5.49. The summed E-state index contributed by atoms with van der Waals surface area (Å²) in [5.41, 5.74) is 1.97. The summed E-state index contributed by atoms with van der Waals surface area (Å²) in [6, 6.07) is 21.0. The van der Waals surface area contributed by atoms with Crippen LogP contribution in [0.5, 0.6) is 0 Å². The summed E-state index contributed by atoms with van der Waals surface area (Å²) in [5.74, 6) is 0. The van der Waals surface area contributed by atoms with E-state index in [0.717, 1.165) is 11.1 Å². The van der Waals surface area contributed by atoms with Gasteiger partial charge in [-0.05, 0) is 35.4 Å². The Balaban J connectivity index is 2.03. The molecule has 0 unspecified atom stereocenters. The van der Waals surface area contributed by atoms with Crippen molar-refractivity contribution in [3.8, 4) is 11.1 Å². The SMILES string of the molecule is O=S(=O)(c1ccc(-c2ccccc2)cc1)c1cccc(Cl)c1Cl. The molecule has 0 fully saturated rings. The summed E-state index contributed by atoms with van der Waals surface area (Å²) in [6.07, 6.45) is 0. The lowest BCUT2D eigenvalue weighted by atomic mass is 10.1. The predicted molar refractivity (Wildman–Crippen MR) is 93.8 cm³/mol. The van der Waals surface area contributed by atoms with E-state index in [4.69, 9.17) is 23.2 Å². The van der Waals surface area contributed by atoms with Gasteiger partial charge in [-0.25, -0.2) is 8.42 Å². The highest BCUT2D eigenvalue weighted by Crippen LogP contribution is 2.33. The van der Waals surface area contributed by atoms with Gasteiger partial charge in [0.1, 0.15) is 0 Å². The lowest BCUT2D eigenvalue weighted by Crippen LogP contribution is -2.03. The fourth-order valence-corrected chi connectivity index (χ4v) is 4.29. The topological polar surface area (TPSA) is 34.1 Å². The van der Waals surface area contributed by atoms with Gasteiger partial charge in [0.25, 0.3) is 0 Å². The molecule has 0 amide bonds. The van der Waals surface area contributed by atoms with Crippen LogP contribution in [0.25, 0.3) is 11.1 Å². The van der Waals surface area contributed by atoms with Gasteiger partial charge in [0.15, 0.2) is 0 Å². The number of sulfone groups is 1. The van der Waals surface area contributed by atoms with Crippen LogP contribution in [0, 0.1) is 0 Å². The summed E-state index contributed by atoms with van der Waals surface area (Å²) in [5, 5.41) is 0.259. The Bertz CT molecular complexity index is 935. The van der Waals surface area contributed by atoms with Crippen LogP contribution < -0.4 is 0 Å². The lowest BCUT2D eigenvalue weighted by Gasteiger charge is -2.09. The first-order valence-electron chi connectivity index (χ1n) is 6.85. The van der Waals surface area contributed by atoms with Gasteiger partial charge in [0.2, 0.25) is 9.84 Å². The number of hydrogen-bond donors (Lipinski definition) is 0. The second-order valence-corrected chi connectivity index (χ2v) is 7.65. The Hall–Kier alpha value is -1.81. The number of halogens is 2. The van der Waals surface area contributed by atoms with Crippen molar-refractivity contribution in [2.45, 2.75) is 9.79 Å². The first kappa shape index (κ1) is 16.1. The molecule has 116 valence electrons. The summed E-state index contributed by atoms with van der Waals surface area (Å²) in [6.45, 7) is 0. The highest BCUT2D eigenvalue weighted by atomic mass is 35.5. The minimum atomic E-state index is -3.71. The fourth-order valence-electron chi connectivity index (χ4n) is 2.28. The van der Waals surface area contributed by atoms with Crippen molar-refractivity contribution < 1.29 is 8.42 Å². The van der Waals surface area contributed by atoms with Gasteiger partial charge >= 0.3 is 0 Å². The summed E-state index contributed by atoms with van der Waals surface area (Å²) < 4.78 is 25.4. The van der Waals surface area contributed by atoms with Crippen LogP contribution in [0.4, 0.5) is 0 Å². The maximum atomic E-state index is 12.7. The molecule has 3 aromatic carbocycles. The van der Waals surface area contributed by atoms with E-state index < -0.39 is 9.84 Å². The highest BCUT2D eigenvalue weighted by Gasteiger charge is 2.22. The fraction of sp³-hybridized carbons (Fsp3) is 0. The standard InChI is InChI=1S/C18H12Cl2O2S/c19-16-7-4-8-17(18(16)20)23(21,22)15-11-9-14(10-12-15)13-5-2-1-3-6-13/h1-12H. The maximum Gasteiger partial charge on any atom is 0.208 e. The quantitative estimate of drug-likeness (QED) is 0.616. The molecule has 0 N–H and O–H groups in total. The van der Waals surface area contributed by atoms with Crippen molar-refractivity contribution >= 4 is 33.0 Å². The van der Waals surface area contributed by atoms with Gasteiger partial charge in [-0.1, -0.05) is 71.7 Å². The van der Waals surface area contributed by atoms with Gasteiger partial charge in [-0.3, -0.25) is 0 Å². The Morgan fingerprint density at radius 3 is 1.91 bits per heavy atom. The Labute approximate surface area is 145 Å². The molecule has 3 aromatic rings. The molecule has 2 nitrogen and oxygen atoms in total. The molecular weight excluding hydrogens is 351 g/mol. The molecule has 0 atom stereocenters. The molecule has 0 aliphatic heterocycles. The average Bonchev–Trinajstić information content (AvgIpc) is 2.58.